The van der Waals surface area contributed by atoms with Crippen molar-refractivity contribution < 1.29 is 13.9 Å². The third kappa shape index (κ3) is 8.10. The lowest BCUT2D eigenvalue weighted by atomic mass is 10.0. The van der Waals surface area contributed by atoms with Crippen molar-refractivity contribution in [3.63, 3.8) is 0 Å². The molecule has 0 saturated carbocycles. The van der Waals surface area contributed by atoms with Crippen LogP contribution in [0.1, 0.15) is 40.5 Å². The van der Waals surface area contributed by atoms with Gasteiger partial charge in [-0.05, 0) is 33.9 Å². The molecule has 9 nitrogen and oxygen atoms in total. The molecule has 10 heteroatoms. The monoisotopic (exact) mass is 489 g/mol. The fraction of sp³-hybridized carbons (Fsp3) is 0.600. The molecule has 1 fully saturated rings. The zero-order chi connectivity index (χ0) is 25.6. The van der Waals surface area contributed by atoms with Crippen molar-refractivity contribution in [2.75, 3.05) is 64.9 Å². The molecule has 0 atom stereocenters. The van der Waals surface area contributed by atoms with Crippen LogP contribution < -0.4 is 5.32 Å². The van der Waals surface area contributed by atoms with Gasteiger partial charge in [-0.15, -0.1) is 5.10 Å². The summed E-state index contributed by atoms with van der Waals surface area (Å²) in [5.41, 5.74) is 0.952. The molecule has 3 heterocycles. The zero-order valence-electron chi connectivity index (χ0n) is 21.8. The Bertz CT molecular complexity index is 928. The van der Waals surface area contributed by atoms with Crippen LogP contribution >= 0.6 is 0 Å². The number of carbonyl (C=O) groups excluding carboxylic acids is 1. The predicted octanol–water partition coefficient (Wildman–Crippen LogP) is 3.71. The van der Waals surface area contributed by atoms with E-state index in [0.29, 0.717) is 35.3 Å². The van der Waals surface area contributed by atoms with Gasteiger partial charge in [0.2, 0.25) is 5.95 Å². The first-order chi connectivity index (χ1) is 17.1. The molecule has 1 aromatic heterocycles. The third-order valence-electron chi connectivity index (χ3n) is 5.58. The smallest absolute Gasteiger partial charge is 0.336 e. The average molecular weight is 490 g/mol. The lowest BCUT2D eigenvalue weighted by Gasteiger charge is -2.32. The van der Waals surface area contributed by atoms with Crippen LogP contribution in [0.15, 0.2) is 34.4 Å². The van der Waals surface area contributed by atoms with Crippen LogP contribution in [0, 0.1) is 0 Å². The number of rotatable bonds is 10. The van der Waals surface area contributed by atoms with Crippen LogP contribution in [0.5, 0.6) is 0 Å². The molecule has 0 aliphatic carbocycles. The number of anilines is 1. The van der Waals surface area contributed by atoms with E-state index in [1.165, 1.54) is 4.68 Å². The number of hydrogen-bond acceptors (Lipinski definition) is 8. The van der Waals surface area contributed by atoms with Crippen LogP contribution in [0.4, 0.5) is 16.3 Å². The summed E-state index contributed by atoms with van der Waals surface area (Å²) >= 11 is 0. The maximum atomic E-state index is 14.1. The van der Waals surface area contributed by atoms with Gasteiger partial charge < -0.3 is 19.9 Å². The highest BCUT2D eigenvalue weighted by molar-refractivity contribution is 6.01. The Balaban J connectivity index is 0.00000210. The van der Waals surface area contributed by atoms with E-state index >= 15 is 0 Å². The summed E-state index contributed by atoms with van der Waals surface area (Å²) in [6, 6.07) is 0. The normalized spacial score (nSPS) is 17.1. The van der Waals surface area contributed by atoms with E-state index in [9.17, 15) is 9.18 Å². The van der Waals surface area contributed by atoms with Crippen molar-refractivity contribution in [1.82, 2.24) is 24.6 Å². The SMILES string of the molecule is C/C=C\C=C(/CF)C1=C(C(=O)OCC)CC=Nc2nc(NCCCN3CCN(C)CC3)nn21.CC. The van der Waals surface area contributed by atoms with Gasteiger partial charge in [0.25, 0.3) is 5.95 Å². The van der Waals surface area contributed by atoms with Crippen molar-refractivity contribution in [2.45, 2.75) is 40.5 Å². The van der Waals surface area contributed by atoms with Gasteiger partial charge in [0.05, 0.1) is 17.9 Å². The minimum absolute atomic E-state index is 0.209. The van der Waals surface area contributed by atoms with Gasteiger partial charge in [-0.3, -0.25) is 0 Å². The number of halogens is 1. The quantitative estimate of drug-likeness (QED) is 0.305. The standard InChI is InChI=1S/C23H34FN7O2.C2H6/c1-4-6-8-18(17-24)20-19(21(32)33-5-2)9-11-26-23-27-22(28-31(20)23)25-10-7-12-30-15-13-29(3)14-16-30;1-2/h4,6,8,11H,5,7,9-10,12-17H2,1-3H3,(H,25,28);1-2H3/b6-4-,18-8+;. The second-order valence-corrected chi connectivity index (χ2v) is 7.99. The molecule has 0 amide bonds. The van der Waals surface area contributed by atoms with Crippen LogP contribution in [-0.2, 0) is 9.53 Å². The number of hydrogen-bond donors (Lipinski definition) is 1. The summed E-state index contributed by atoms with van der Waals surface area (Å²) < 4.78 is 20.7. The summed E-state index contributed by atoms with van der Waals surface area (Å²) in [4.78, 5) is 26.3. The first kappa shape index (κ1) is 28.4. The molecule has 0 unspecified atom stereocenters. The number of likely N-dealkylation sites (N-methyl/N-ethyl adjacent to an activating group) is 1. The minimum Gasteiger partial charge on any atom is -0.463 e. The summed E-state index contributed by atoms with van der Waals surface area (Å²) in [5, 5.41) is 7.76. The van der Waals surface area contributed by atoms with E-state index in [4.69, 9.17) is 4.74 Å². The molecule has 0 spiro atoms. The molecule has 2 aliphatic rings. The second-order valence-electron chi connectivity index (χ2n) is 7.99. The molecule has 0 aromatic carbocycles. The van der Waals surface area contributed by atoms with E-state index in [1.807, 2.05) is 20.8 Å². The van der Waals surface area contributed by atoms with E-state index < -0.39 is 12.6 Å². The van der Waals surface area contributed by atoms with Gasteiger partial charge in [0.15, 0.2) is 0 Å². The number of piperazine rings is 1. The van der Waals surface area contributed by atoms with Crippen LogP contribution in [0.25, 0.3) is 5.70 Å². The number of fused-ring (bicyclic) bond motifs is 1. The average Bonchev–Trinajstić information content (AvgIpc) is 3.19. The summed E-state index contributed by atoms with van der Waals surface area (Å²) in [6.45, 7) is 13.1. The fourth-order valence-electron chi connectivity index (χ4n) is 3.76. The topological polar surface area (TPSA) is 87.9 Å². The van der Waals surface area contributed by atoms with E-state index in [1.54, 1.807) is 31.4 Å². The number of nitrogens with zero attached hydrogens (tertiary/aromatic N) is 6. The molecular formula is C25H40FN7O2. The predicted molar refractivity (Wildman–Crippen MR) is 140 cm³/mol. The molecule has 2 aliphatic heterocycles. The fourth-order valence-corrected chi connectivity index (χ4v) is 3.76. The number of nitrogens with one attached hydrogen (secondary N) is 1. The van der Waals surface area contributed by atoms with Gasteiger partial charge >= 0.3 is 5.97 Å². The minimum atomic E-state index is -0.768. The maximum Gasteiger partial charge on any atom is 0.336 e. The Morgan fingerprint density at radius 2 is 2.00 bits per heavy atom. The summed E-state index contributed by atoms with van der Waals surface area (Å²) in [6.07, 6.45) is 7.90. The van der Waals surface area contributed by atoms with E-state index in [2.05, 4.69) is 37.2 Å². The van der Waals surface area contributed by atoms with Gasteiger partial charge in [0, 0.05) is 50.9 Å². The molecule has 1 saturated heterocycles. The lowest BCUT2D eigenvalue weighted by Crippen LogP contribution is -2.44. The van der Waals surface area contributed by atoms with Gasteiger partial charge in [-0.25, -0.2) is 14.2 Å². The highest BCUT2D eigenvalue weighted by Crippen LogP contribution is 2.30. The van der Waals surface area contributed by atoms with Crippen molar-refractivity contribution in [1.29, 1.82) is 0 Å². The number of aromatic nitrogens is 3. The van der Waals surface area contributed by atoms with Gasteiger partial charge in [0.1, 0.15) is 6.67 Å². The van der Waals surface area contributed by atoms with Crippen LogP contribution in [0.3, 0.4) is 0 Å². The molecule has 1 N–H and O–H groups in total. The molecule has 3 rings (SSSR count). The maximum absolute atomic E-state index is 14.1. The van der Waals surface area contributed by atoms with Gasteiger partial charge in [-0.1, -0.05) is 32.1 Å². The first-order valence-corrected chi connectivity index (χ1v) is 12.5. The van der Waals surface area contributed by atoms with E-state index in [0.717, 1.165) is 39.1 Å². The zero-order valence-corrected chi connectivity index (χ0v) is 21.8. The van der Waals surface area contributed by atoms with E-state index in [-0.39, 0.29) is 13.0 Å². The Morgan fingerprint density at radius 3 is 2.66 bits per heavy atom. The molecule has 35 heavy (non-hydrogen) atoms. The van der Waals surface area contributed by atoms with Crippen molar-refractivity contribution in [3.05, 3.63) is 29.4 Å². The third-order valence-corrected chi connectivity index (χ3v) is 5.58. The summed E-state index contributed by atoms with van der Waals surface area (Å²) in [7, 11) is 2.15. The molecular weight excluding hydrogens is 449 g/mol. The number of carbonyl (C=O) groups is 1. The number of allylic oxidation sites excluding steroid dienone is 5. The number of alkyl halides is 1. The number of ether oxygens (including phenoxy) is 1. The first-order valence-electron chi connectivity index (χ1n) is 12.5. The van der Waals surface area contributed by atoms with Crippen molar-refractivity contribution in [3.8, 4) is 0 Å². The molecule has 0 radical (unpaired) electrons. The highest BCUT2D eigenvalue weighted by Gasteiger charge is 2.26. The van der Waals surface area contributed by atoms with Crippen LogP contribution in [-0.4, -0.2) is 96.3 Å². The summed E-state index contributed by atoms with van der Waals surface area (Å²) in [5.74, 6) is 0.182. The molecule has 1 aromatic rings. The Morgan fingerprint density at radius 1 is 1.26 bits per heavy atom. The number of esters is 1. The second kappa shape index (κ2) is 15.2. The number of aliphatic imine (C=N–C) groups is 1. The Kier molecular flexibility index (Phi) is 12.3. The lowest BCUT2D eigenvalue weighted by molar-refractivity contribution is -0.138. The van der Waals surface area contributed by atoms with Crippen molar-refractivity contribution in [2.24, 2.45) is 4.99 Å². The molecule has 0 bridgehead atoms. The highest BCUT2D eigenvalue weighted by atomic mass is 19.1. The largest absolute Gasteiger partial charge is 0.463 e. The Hall–Kier alpha value is -2.85. The van der Waals surface area contributed by atoms with Crippen LogP contribution in [0.2, 0.25) is 0 Å². The van der Waals surface area contributed by atoms with Gasteiger partial charge in [-0.2, -0.15) is 9.67 Å². The molecule has 194 valence electrons. The Labute approximate surface area is 208 Å². The van der Waals surface area contributed by atoms with Crippen molar-refractivity contribution >= 4 is 29.8 Å².